The van der Waals surface area contributed by atoms with Crippen LogP contribution < -0.4 is 11.1 Å². The van der Waals surface area contributed by atoms with Crippen LogP contribution in [0.4, 0.5) is 5.69 Å². The van der Waals surface area contributed by atoms with Crippen molar-refractivity contribution in [1.82, 2.24) is 0 Å². The van der Waals surface area contributed by atoms with Gasteiger partial charge in [0.05, 0.1) is 12.1 Å². The maximum absolute atomic E-state index is 12.1. The van der Waals surface area contributed by atoms with Crippen LogP contribution in [0.25, 0.3) is 0 Å². The third-order valence-corrected chi connectivity index (χ3v) is 3.17. The summed E-state index contributed by atoms with van der Waals surface area (Å²) < 4.78 is 0.720. The highest BCUT2D eigenvalue weighted by molar-refractivity contribution is 9.10. The van der Waals surface area contributed by atoms with Crippen molar-refractivity contribution in [2.75, 3.05) is 11.9 Å². The molecule has 21 heavy (non-hydrogen) atoms. The molecule has 1 amide bonds. The summed E-state index contributed by atoms with van der Waals surface area (Å²) in [7, 11) is 0. The Balaban J connectivity index is 2.14. The maximum atomic E-state index is 12.1. The van der Waals surface area contributed by atoms with Gasteiger partial charge in [-0.2, -0.15) is 0 Å². The number of phenols is 1. The third kappa shape index (κ3) is 4.09. The molecule has 4 nitrogen and oxygen atoms in total. The van der Waals surface area contributed by atoms with E-state index in [1.54, 1.807) is 36.4 Å². The van der Waals surface area contributed by atoms with Crippen LogP contribution in [0.15, 0.2) is 46.9 Å². The van der Waals surface area contributed by atoms with Gasteiger partial charge >= 0.3 is 0 Å². The molecule has 106 valence electrons. The average molecular weight is 345 g/mol. The van der Waals surface area contributed by atoms with Crippen molar-refractivity contribution in [3.05, 3.63) is 58.1 Å². The van der Waals surface area contributed by atoms with E-state index < -0.39 is 0 Å². The Morgan fingerprint density at radius 3 is 2.62 bits per heavy atom. The lowest BCUT2D eigenvalue weighted by molar-refractivity contribution is 0.102. The van der Waals surface area contributed by atoms with E-state index in [4.69, 9.17) is 5.73 Å². The van der Waals surface area contributed by atoms with Gasteiger partial charge in [-0.25, -0.2) is 0 Å². The zero-order valence-electron chi connectivity index (χ0n) is 11.1. The van der Waals surface area contributed by atoms with E-state index >= 15 is 0 Å². The number of rotatable bonds is 2. The highest BCUT2D eigenvalue weighted by atomic mass is 79.9. The van der Waals surface area contributed by atoms with Gasteiger partial charge in [0, 0.05) is 15.7 Å². The highest BCUT2D eigenvalue weighted by Crippen LogP contribution is 2.23. The fourth-order valence-electron chi connectivity index (χ4n) is 1.68. The predicted octanol–water partition coefficient (Wildman–Crippen LogP) is 2.72. The monoisotopic (exact) mass is 344 g/mol. The number of phenolic OH excluding ortho intramolecular Hbond substituents is 1. The molecule has 0 saturated heterocycles. The van der Waals surface area contributed by atoms with Crippen LogP contribution in [0.5, 0.6) is 5.75 Å². The summed E-state index contributed by atoms with van der Waals surface area (Å²) in [6.45, 7) is 0.306. The van der Waals surface area contributed by atoms with Gasteiger partial charge in [-0.05, 0) is 42.5 Å². The molecule has 0 heterocycles. The Labute approximate surface area is 131 Å². The molecule has 0 fully saturated rings. The second-order valence-corrected chi connectivity index (χ2v) is 5.11. The topological polar surface area (TPSA) is 75.3 Å². The second-order valence-electron chi connectivity index (χ2n) is 4.20. The highest BCUT2D eigenvalue weighted by Gasteiger charge is 2.11. The minimum Gasteiger partial charge on any atom is -0.507 e. The van der Waals surface area contributed by atoms with Crippen molar-refractivity contribution in [3.8, 4) is 17.6 Å². The Hall–Kier alpha value is -2.29. The first kappa shape index (κ1) is 15.1. The van der Waals surface area contributed by atoms with Gasteiger partial charge in [0.25, 0.3) is 5.91 Å². The summed E-state index contributed by atoms with van der Waals surface area (Å²) in [4.78, 5) is 12.1. The van der Waals surface area contributed by atoms with Gasteiger partial charge in [-0.15, -0.1) is 0 Å². The van der Waals surface area contributed by atoms with E-state index in [1.165, 1.54) is 6.07 Å². The number of aromatic hydroxyl groups is 1. The number of carbonyl (C=O) groups excluding carboxylic acids is 1. The molecule has 5 heteroatoms. The van der Waals surface area contributed by atoms with Gasteiger partial charge in [-0.3, -0.25) is 4.79 Å². The van der Waals surface area contributed by atoms with E-state index in [0.29, 0.717) is 12.2 Å². The lowest BCUT2D eigenvalue weighted by Gasteiger charge is -2.07. The van der Waals surface area contributed by atoms with Crippen LogP contribution in [-0.4, -0.2) is 17.6 Å². The molecular weight excluding hydrogens is 332 g/mol. The molecule has 0 radical (unpaired) electrons. The molecule has 0 saturated carbocycles. The van der Waals surface area contributed by atoms with Gasteiger partial charge in [-0.1, -0.05) is 27.8 Å². The smallest absolute Gasteiger partial charge is 0.259 e. The zero-order valence-corrected chi connectivity index (χ0v) is 12.6. The first-order valence-corrected chi connectivity index (χ1v) is 6.98. The van der Waals surface area contributed by atoms with E-state index in [0.717, 1.165) is 10.0 Å². The molecule has 0 aliphatic carbocycles. The zero-order chi connectivity index (χ0) is 15.2. The molecule has 0 spiro atoms. The number of carbonyl (C=O) groups is 1. The Morgan fingerprint density at radius 2 is 1.95 bits per heavy atom. The number of hydrogen-bond donors (Lipinski definition) is 3. The number of hydrogen-bond acceptors (Lipinski definition) is 3. The Bertz CT molecular complexity index is 715. The minimum atomic E-state index is -0.380. The molecular formula is C16H13BrN2O2. The summed E-state index contributed by atoms with van der Waals surface area (Å²) in [5.41, 5.74) is 6.96. The number of nitrogens with one attached hydrogen (secondary N) is 1. The van der Waals surface area contributed by atoms with Crippen molar-refractivity contribution in [2.24, 2.45) is 5.73 Å². The molecule has 0 aliphatic rings. The lowest BCUT2D eigenvalue weighted by Crippen LogP contribution is -2.12. The van der Waals surface area contributed by atoms with Crippen molar-refractivity contribution in [2.45, 2.75) is 0 Å². The number of nitrogens with two attached hydrogens (primary N) is 1. The molecule has 0 aliphatic heterocycles. The molecule has 2 aromatic carbocycles. The first-order chi connectivity index (χ1) is 10.1. The SMILES string of the molecule is NCC#Cc1ccc(NC(=O)c2cc(Br)ccc2O)cc1. The van der Waals surface area contributed by atoms with Crippen LogP contribution in [0.2, 0.25) is 0 Å². The normalized spacial score (nSPS) is 9.62. The van der Waals surface area contributed by atoms with Crippen LogP contribution in [0, 0.1) is 11.8 Å². The number of benzene rings is 2. The molecule has 0 unspecified atom stereocenters. The average Bonchev–Trinajstić information content (AvgIpc) is 2.49. The summed E-state index contributed by atoms with van der Waals surface area (Å²) in [5.74, 6) is 5.21. The van der Waals surface area contributed by atoms with Crippen LogP contribution >= 0.6 is 15.9 Å². The van der Waals surface area contributed by atoms with E-state index in [9.17, 15) is 9.90 Å². The van der Waals surface area contributed by atoms with E-state index in [-0.39, 0.29) is 17.2 Å². The second kappa shape index (κ2) is 6.93. The standard InChI is InChI=1S/C16H13BrN2O2/c17-12-5-8-15(20)14(10-12)16(21)19-13-6-3-11(4-7-13)2-1-9-18/h3-8,10,20H,9,18H2,(H,19,21). The van der Waals surface area contributed by atoms with Crippen LogP contribution in [0.1, 0.15) is 15.9 Å². The molecule has 0 bridgehead atoms. The van der Waals surface area contributed by atoms with Gasteiger partial charge in [0.1, 0.15) is 5.75 Å². The van der Waals surface area contributed by atoms with E-state index in [1.807, 2.05) is 0 Å². The van der Waals surface area contributed by atoms with Crippen molar-refractivity contribution in [1.29, 1.82) is 0 Å². The first-order valence-electron chi connectivity index (χ1n) is 6.19. The minimum absolute atomic E-state index is 0.0684. The largest absolute Gasteiger partial charge is 0.507 e. The lowest BCUT2D eigenvalue weighted by atomic mass is 10.1. The molecule has 0 aromatic heterocycles. The van der Waals surface area contributed by atoms with Crippen molar-refractivity contribution < 1.29 is 9.90 Å². The molecule has 0 atom stereocenters. The van der Waals surface area contributed by atoms with Gasteiger partial charge in [0.2, 0.25) is 0 Å². The quantitative estimate of drug-likeness (QED) is 0.733. The molecule has 2 aromatic rings. The van der Waals surface area contributed by atoms with Gasteiger partial charge in [0.15, 0.2) is 0 Å². The number of anilines is 1. The number of halogens is 1. The fraction of sp³-hybridized carbons (Fsp3) is 0.0625. The Kier molecular flexibility index (Phi) is 4.99. The molecule has 4 N–H and O–H groups in total. The summed E-state index contributed by atoms with van der Waals surface area (Å²) >= 11 is 3.27. The summed E-state index contributed by atoms with van der Waals surface area (Å²) in [6.07, 6.45) is 0. The molecule has 2 rings (SSSR count). The Morgan fingerprint density at radius 1 is 1.24 bits per heavy atom. The van der Waals surface area contributed by atoms with Crippen molar-refractivity contribution in [3.63, 3.8) is 0 Å². The van der Waals surface area contributed by atoms with Gasteiger partial charge < -0.3 is 16.2 Å². The van der Waals surface area contributed by atoms with Crippen LogP contribution in [0.3, 0.4) is 0 Å². The van der Waals surface area contributed by atoms with Crippen LogP contribution in [-0.2, 0) is 0 Å². The summed E-state index contributed by atoms with van der Waals surface area (Å²) in [5, 5.41) is 12.4. The third-order valence-electron chi connectivity index (χ3n) is 2.68. The fourth-order valence-corrected chi connectivity index (χ4v) is 2.04. The van der Waals surface area contributed by atoms with E-state index in [2.05, 4.69) is 33.1 Å². The maximum Gasteiger partial charge on any atom is 0.259 e. The summed E-state index contributed by atoms with van der Waals surface area (Å²) in [6, 6.07) is 11.8. The van der Waals surface area contributed by atoms with Crippen molar-refractivity contribution >= 4 is 27.5 Å². The predicted molar refractivity (Wildman–Crippen MR) is 86.1 cm³/mol. The number of amides is 1.